The molecule has 1 unspecified atom stereocenters. The van der Waals surface area contributed by atoms with Crippen molar-refractivity contribution in [3.63, 3.8) is 0 Å². The van der Waals surface area contributed by atoms with Gasteiger partial charge < -0.3 is 24.3 Å². The highest BCUT2D eigenvalue weighted by atomic mass is 16.7. The normalized spacial score (nSPS) is 32.5. The summed E-state index contributed by atoms with van der Waals surface area (Å²) in [6.45, 7) is -4.17. The summed E-state index contributed by atoms with van der Waals surface area (Å²) in [6, 6.07) is -2.42. The van der Waals surface area contributed by atoms with Gasteiger partial charge in [0.25, 0.3) is 0 Å². The van der Waals surface area contributed by atoms with E-state index >= 15 is 0 Å². The van der Waals surface area contributed by atoms with E-state index in [1.54, 1.807) is 0 Å². The molecule has 0 aliphatic carbocycles. The smallest absolute Gasteiger partial charge is 0.245 e. The maximum Gasteiger partial charge on any atom is 0.245 e. The fourth-order valence-corrected chi connectivity index (χ4v) is 3.93. The summed E-state index contributed by atoms with van der Waals surface area (Å²) in [5.74, 6) is -1.85. The van der Waals surface area contributed by atoms with Crippen molar-refractivity contribution in [1.82, 2.24) is 14.8 Å². The van der Waals surface area contributed by atoms with Gasteiger partial charge in [0.1, 0.15) is 6.02 Å². The number of rotatable bonds is 1. The van der Waals surface area contributed by atoms with Crippen LogP contribution in [0.1, 0.15) is 36.6 Å². The quantitative estimate of drug-likeness (QED) is 0.681. The molecule has 0 saturated carbocycles. The second-order valence-corrected chi connectivity index (χ2v) is 6.81. The second kappa shape index (κ2) is 5.76. The lowest BCUT2D eigenvalue weighted by atomic mass is 9.86. The fraction of sp³-hybridized carbons (Fsp3) is 0.273. The number of amides is 2. The van der Waals surface area contributed by atoms with Crippen LogP contribution in [0.2, 0.25) is 0 Å². The summed E-state index contributed by atoms with van der Waals surface area (Å²) >= 11 is 0. The molecule has 3 aromatic rings. The van der Waals surface area contributed by atoms with Crippen LogP contribution in [0.3, 0.4) is 0 Å². The number of fused-ring (bicyclic) bond motifs is 5. The van der Waals surface area contributed by atoms with Gasteiger partial charge in [0.2, 0.25) is 18.6 Å². The number of likely N-dealkylation sites (N-methyl/N-ethyl adjacent to an activating group) is 1. The fourth-order valence-electron chi connectivity index (χ4n) is 3.93. The summed E-state index contributed by atoms with van der Waals surface area (Å²) in [5, 5.41) is -0.302. The van der Waals surface area contributed by atoms with E-state index in [2.05, 4.69) is 4.98 Å². The molecule has 1 fully saturated rings. The number of nitrogens with one attached hydrogen (secondary N) is 1. The molecular weight excluding hydrogens is 370 g/mol. The molecule has 4 heterocycles. The Morgan fingerprint density at radius 1 is 1.28 bits per heavy atom. The molecule has 3 aliphatic rings. The van der Waals surface area contributed by atoms with Gasteiger partial charge in [-0.1, -0.05) is 24.2 Å². The average molecular weight is 399 g/mol. The van der Waals surface area contributed by atoms with Crippen molar-refractivity contribution in [2.75, 3.05) is 20.3 Å². The number of para-hydroxylation sites is 1. The number of carbonyl (C=O) groups is 2. The SMILES string of the molecule is [2H]c1c([2H])c([2H])c2c3c([nH]c2c1[2H])C(c1ccc2c(c1)OCO2)N1C(=O)CN(C([2H])([2H])[2H])C(=O)[C@@]1([2H])C3([2H])[2H]. The maximum atomic E-state index is 13.7. The molecule has 146 valence electrons. The zero-order chi connectivity index (χ0) is 28.4. The minimum atomic E-state index is -3.16. The summed E-state index contributed by atoms with van der Waals surface area (Å²) in [5.41, 5.74) is -0.450. The van der Waals surface area contributed by atoms with Gasteiger partial charge in [-0.2, -0.15) is 0 Å². The Morgan fingerprint density at radius 2 is 2.14 bits per heavy atom. The first-order valence-electron chi connectivity index (χ1n) is 13.8. The number of carbonyl (C=O) groups excluding carboxylic acids is 2. The summed E-state index contributed by atoms with van der Waals surface area (Å²) in [7, 11) is 0. The number of hydrogen-bond acceptors (Lipinski definition) is 4. The van der Waals surface area contributed by atoms with E-state index in [9.17, 15) is 11.0 Å². The zero-order valence-electron chi connectivity index (χ0n) is 24.8. The molecule has 0 bridgehead atoms. The Morgan fingerprint density at radius 3 is 3.03 bits per heavy atom. The first-order valence-corrected chi connectivity index (χ1v) is 8.78. The molecule has 0 radical (unpaired) electrons. The van der Waals surface area contributed by atoms with Gasteiger partial charge in [0.05, 0.1) is 19.4 Å². The van der Waals surface area contributed by atoms with E-state index in [1.807, 2.05) is 0 Å². The lowest BCUT2D eigenvalue weighted by molar-refractivity contribution is -0.157. The molecule has 1 saturated heterocycles. The van der Waals surface area contributed by atoms with Gasteiger partial charge in [-0.25, -0.2) is 0 Å². The molecule has 29 heavy (non-hydrogen) atoms. The van der Waals surface area contributed by atoms with Crippen LogP contribution < -0.4 is 9.47 Å². The summed E-state index contributed by atoms with van der Waals surface area (Å²) in [6.07, 6.45) is -3.12. The highest BCUT2D eigenvalue weighted by Gasteiger charge is 2.47. The van der Waals surface area contributed by atoms with E-state index in [0.29, 0.717) is 10.6 Å². The Balaban J connectivity index is 1.74. The van der Waals surface area contributed by atoms with Crippen molar-refractivity contribution in [2.24, 2.45) is 0 Å². The first kappa shape index (κ1) is 9.35. The Kier molecular flexibility index (Phi) is 1.86. The van der Waals surface area contributed by atoms with Crippen molar-refractivity contribution >= 4 is 22.7 Å². The molecule has 0 spiro atoms. The van der Waals surface area contributed by atoms with Crippen LogP contribution in [0.15, 0.2) is 42.4 Å². The third-order valence-electron chi connectivity index (χ3n) is 5.20. The second-order valence-electron chi connectivity index (χ2n) is 6.81. The Labute approximate surface area is 180 Å². The van der Waals surface area contributed by atoms with Crippen LogP contribution in [-0.2, 0) is 16.0 Å². The highest BCUT2D eigenvalue weighted by molar-refractivity contribution is 5.97. The van der Waals surface area contributed by atoms with Gasteiger partial charge >= 0.3 is 0 Å². The molecule has 7 heteroatoms. The maximum absolute atomic E-state index is 13.7. The molecule has 2 atom stereocenters. The van der Waals surface area contributed by atoms with Crippen molar-refractivity contribution < 1.29 is 32.8 Å². The predicted molar refractivity (Wildman–Crippen MR) is 105 cm³/mol. The number of benzene rings is 2. The standard InChI is InChI=1S/C22H19N3O4/c1-24-10-19(26)25-16(22(24)27)9-14-13-4-2-3-5-15(13)23-20(14)21(25)12-6-7-17-18(8-12)29-11-28-17/h2-8,16,21,23H,9-11H2,1H3/t16-,21?/m1/s1/i1D3,2D,3D,4D,5D,9D2,16D. The van der Waals surface area contributed by atoms with Crippen molar-refractivity contribution in [2.45, 2.75) is 18.4 Å². The lowest BCUT2D eigenvalue weighted by Gasteiger charge is -2.46. The number of piperazine rings is 1. The first-order chi connectivity index (χ1) is 18.1. The van der Waals surface area contributed by atoms with Crippen LogP contribution >= 0.6 is 0 Å². The molecule has 2 amide bonds. The van der Waals surface area contributed by atoms with Gasteiger partial charge in [-0.05, 0) is 29.3 Å². The largest absolute Gasteiger partial charge is 0.454 e. The van der Waals surface area contributed by atoms with Crippen molar-refractivity contribution in [3.05, 3.63) is 59.2 Å². The van der Waals surface area contributed by atoms with Crippen molar-refractivity contribution in [1.29, 1.82) is 0 Å². The van der Waals surface area contributed by atoms with E-state index in [-0.39, 0.29) is 39.6 Å². The molecule has 6 rings (SSSR count). The van der Waals surface area contributed by atoms with Crippen molar-refractivity contribution in [3.8, 4) is 11.5 Å². The lowest BCUT2D eigenvalue weighted by Crippen LogP contribution is -2.62. The topological polar surface area (TPSA) is 74.9 Å². The molecule has 1 N–H and O–H groups in total. The third-order valence-corrected chi connectivity index (χ3v) is 5.20. The minimum absolute atomic E-state index is 0.0766. The third kappa shape index (κ3) is 2.24. The van der Waals surface area contributed by atoms with Crippen LogP contribution in [0.25, 0.3) is 10.9 Å². The molecule has 1 aromatic heterocycles. The molecule has 7 nitrogen and oxygen atoms in total. The number of aromatic nitrogens is 1. The number of ether oxygens (including phenoxy) is 2. The highest BCUT2D eigenvalue weighted by Crippen LogP contribution is 2.44. The van der Waals surface area contributed by atoms with E-state index in [4.69, 9.17) is 21.8 Å². The number of aromatic amines is 1. The Hall–Kier alpha value is -3.48. The van der Waals surface area contributed by atoms with Gasteiger partial charge in [-0.15, -0.1) is 0 Å². The predicted octanol–water partition coefficient (Wildman–Crippen LogP) is 2.21. The number of H-pyrrole nitrogens is 1. The number of nitrogens with zero attached hydrogens (tertiary/aromatic N) is 2. The minimum Gasteiger partial charge on any atom is -0.454 e. The Bertz CT molecular complexity index is 1620. The number of hydrogen-bond donors (Lipinski definition) is 1. The molecule has 2 aromatic carbocycles. The summed E-state index contributed by atoms with van der Waals surface area (Å²) < 4.78 is 94.5. The van der Waals surface area contributed by atoms with E-state index < -0.39 is 73.5 Å². The van der Waals surface area contributed by atoms with Crippen LogP contribution in [0.4, 0.5) is 0 Å². The van der Waals surface area contributed by atoms with Gasteiger partial charge in [-0.3, -0.25) is 9.59 Å². The molecular formula is C22H19N3O4. The van der Waals surface area contributed by atoms with Gasteiger partial charge in [0, 0.05) is 36.8 Å². The molecule has 3 aliphatic heterocycles. The van der Waals surface area contributed by atoms with Crippen LogP contribution in [0, 0.1) is 0 Å². The van der Waals surface area contributed by atoms with E-state index in [1.165, 1.54) is 18.2 Å². The van der Waals surface area contributed by atoms with Crippen LogP contribution in [-0.4, -0.2) is 52.9 Å². The monoisotopic (exact) mass is 399 g/mol. The summed E-state index contributed by atoms with van der Waals surface area (Å²) in [4.78, 5) is 31.1. The average Bonchev–Trinajstić information content (AvgIpc) is 3.50. The van der Waals surface area contributed by atoms with Crippen LogP contribution in [0.5, 0.6) is 11.5 Å². The van der Waals surface area contributed by atoms with Gasteiger partial charge in [0.15, 0.2) is 11.5 Å². The zero-order valence-corrected chi connectivity index (χ0v) is 14.8. The van der Waals surface area contributed by atoms with E-state index in [0.717, 1.165) is 0 Å².